The second-order valence-corrected chi connectivity index (χ2v) is 5.82. The zero-order chi connectivity index (χ0) is 15.9. The molecule has 1 heterocycles. The molecule has 0 bridgehead atoms. The third kappa shape index (κ3) is 4.37. The number of methoxy groups -OCH3 is 1. The first-order chi connectivity index (χ1) is 10.6. The summed E-state index contributed by atoms with van der Waals surface area (Å²) in [7, 11) is 3.63. The van der Waals surface area contributed by atoms with Crippen molar-refractivity contribution in [2.45, 2.75) is 38.3 Å². The van der Waals surface area contributed by atoms with Gasteiger partial charge in [0.25, 0.3) is 0 Å². The van der Waals surface area contributed by atoms with Crippen LogP contribution in [0.4, 0.5) is 0 Å². The van der Waals surface area contributed by atoms with Gasteiger partial charge in [0.05, 0.1) is 19.7 Å². The molecule has 5 heteroatoms. The molecular weight excluding hydrogens is 280 g/mol. The van der Waals surface area contributed by atoms with E-state index in [1.54, 1.807) is 7.11 Å². The number of benzene rings is 1. The molecule has 22 heavy (non-hydrogen) atoms. The SMILES string of the molecule is COc1ccccc1O[C@@H](C)CNC(=O)[C@H]1CCCCN1C. The summed E-state index contributed by atoms with van der Waals surface area (Å²) in [5.74, 6) is 1.49. The number of amides is 1. The normalized spacial score (nSPS) is 20.2. The van der Waals surface area contributed by atoms with Crippen molar-refractivity contribution in [3.05, 3.63) is 24.3 Å². The lowest BCUT2D eigenvalue weighted by molar-refractivity contribution is -0.127. The molecule has 122 valence electrons. The molecule has 0 unspecified atom stereocenters. The van der Waals surface area contributed by atoms with E-state index < -0.39 is 0 Å². The molecule has 0 radical (unpaired) electrons. The quantitative estimate of drug-likeness (QED) is 0.874. The molecular formula is C17H26N2O3. The van der Waals surface area contributed by atoms with E-state index in [1.165, 1.54) is 6.42 Å². The molecule has 0 saturated carbocycles. The lowest BCUT2D eigenvalue weighted by Gasteiger charge is -2.31. The third-order valence-corrected chi connectivity index (χ3v) is 4.03. The first kappa shape index (κ1) is 16.6. The molecule has 1 aliphatic heterocycles. The highest BCUT2D eigenvalue weighted by Crippen LogP contribution is 2.26. The van der Waals surface area contributed by atoms with Gasteiger partial charge in [0.15, 0.2) is 11.5 Å². The van der Waals surface area contributed by atoms with Gasteiger partial charge < -0.3 is 14.8 Å². The van der Waals surface area contributed by atoms with Crippen LogP contribution in [0, 0.1) is 0 Å². The number of ether oxygens (including phenoxy) is 2. The Hall–Kier alpha value is -1.75. The smallest absolute Gasteiger partial charge is 0.237 e. The van der Waals surface area contributed by atoms with Crippen LogP contribution >= 0.6 is 0 Å². The molecule has 0 aromatic heterocycles. The van der Waals surface area contributed by atoms with E-state index in [9.17, 15) is 4.79 Å². The van der Waals surface area contributed by atoms with Crippen LogP contribution in [0.1, 0.15) is 26.2 Å². The summed E-state index contributed by atoms with van der Waals surface area (Å²) in [5.41, 5.74) is 0. The van der Waals surface area contributed by atoms with Gasteiger partial charge >= 0.3 is 0 Å². The summed E-state index contributed by atoms with van der Waals surface area (Å²) in [6.45, 7) is 3.42. The predicted molar refractivity (Wildman–Crippen MR) is 86.4 cm³/mol. The molecule has 2 rings (SSSR count). The maximum Gasteiger partial charge on any atom is 0.237 e. The molecule has 1 saturated heterocycles. The number of para-hydroxylation sites is 2. The van der Waals surface area contributed by atoms with E-state index in [2.05, 4.69) is 10.2 Å². The number of rotatable bonds is 6. The average Bonchev–Trinajstić information content (AvgIpc) is 2.53. The molecule has 1 aromatic carbocycles. The Morgan fingerprint density at radius 2 is 2.09 bits per heavy atom. The Balaban J connectivity index is 1.82. The Kier molecular flexibility index (Phi) is 6.07. The second-order valence-electron chi connectivity index (χ2n) is 5.82. The fraction of sp³-hybridized carbons (Fsp3) is 0.588. The third-order valence-electron chi connectivity index (χ3n) is 4.03. The number of piperidine rings is 1. The fourth-order valence-corrected chi connectivity index (χ4v) is 2.74. The molecule has 1 fully saturated rings. The molecule has 1 N–H and O–H groups in total. The molecule has 1 aliphatic rings. The fourth-order valence-electron chi connectivity index (χ4n) is 2.74. The van der Waals surface area contributed by atoms with Crippen LogP contribution in [0.5, 0.6) is 11.5 Å². The summed E-state index contributed by atoms with van der Waals surface area (Å²) in [4.78, 5) is 14.4. The van der Waals surface area contributed by atoms with Gasteiger partial charge in [-0.05, 0) is 45.5 Å². The minimum Gasteiger partial charge on any atom is -0.493 e. The highest BCUT2D eigenvalue weighted by molar-refractivity contribution is 5.81. The average molecular weight is 306 g/mol. The Morgan fingerprint density at radius 1 is 1.36 bits per heavy atom. The van der Waals surface area contributed by atoms with Crippen LogP contribution in [0.15, 0.2) is 24.3 Å². The zero-order valence-corrected chi connectivity index (χ0v) is 13.7. The highest BCUT2D eigenvalue weighted by Gasteiger charge is 2.25. The number of nitrogens with one attached hydrogen (secondary N) is 1. The molecule has 0 spiro atoms. The standard InChI is InChI=1S/C17H26N2O3/c1-13(22-16-10-5-4-9-15(16)21-3)12-18-17(20)14-8-6-7-11-19(14)2/h4-5,9-10,13-14H,6-8,11-12H2,1-3H3,(H,18,20)/t13-,14+/m0/s1. The van der Waals surface area contributed by atoms with Crippen molar-refractivity contribution in [3.63, 3.8) is 0 Å². The van der Waals surface area contributed by atoms with E-state index in [0.29, 0.717) is 18.0 Å². The Morgan fingerprint density at radius 3 is 2.77 bits per heavy atom. The summed E-state index contributed by atoms with van der Waals surface area (Å²) < 4.78 is 11.1. The minimum absolute atomic E-state index is 0.00721. The Labute approximate surface area is 132 Å². The van der Waals surface area contributed by atoms with E-state index in [0.717, 1.165) is 19.4 Å². The van der Waals surface area contributed by atoms with Gasteiger partial charge in [-0.25, -0.2) is 0 Å². The van der Waals surface area contributed by atoms with E-state index in [1.807, 2.05) is 38.2 Å². The van der Waals surface area contributed by atoms with Gasteiger partial charge in [0.2, 0.25) is 5.91 Å². The van der Waals surface area contributed by atoms with Gasteiger partial charge in [0.1, 0.15) is 6.10 Å². The van der Waals surface area contributed by atoms with Gasteiger partial charge in [-0.3, -0.25) is 9.69 Å². The van der Waals surface area contributed by atoms with Gasteiger partial charge in [-0.15, -0.1) is 0 Å². The summed E-state index contributed by atoms with van der Waals surface area (Å²) >= 11 is 0. The lowest BCUT2D eigenvalue weighted by Crippen LogP contribution is -2.49. The first-order valence-electron chi connectivity index (χ1n) is 7.89. The largest absolute Gasteiger partial charge is 0.493 e. The van der Waals surface area contributed by atoms with Crippen molar-refractivity contribution < 1.29 is 14.3 Å². The molecule has 5 nitrogen and oxygen atoms in total. The minimum atomic E-state index is -0.117. The molecule has 1 amide bonds. The van der Waals surface area contributed by atoms with Crippen molar-refractivity contribution in [1.82, 2.24) is 10.2 Å². The lowest BCUT2D eigenvalue weighted by atomic mass is 10.0. The number of carbonyl (C=O) groups excluding carboxylic acids is 1. The van der Waals surface area contributed by atoms with Crippen molar-refractivity contribution in [2.75, 3.05) is 27.2 Å². The maximum atomic E-state index is 12.3. The summed E-state index contributed by atoms with van der Waals surface area (Å²) in [6, 6.07) is 7.52. The number of hydrogen-bond donors (Lipinski definition) is 1. The summed E-state index contributed by atoms with van der Waals surface area (Å²) in [5, 5.41) is 2.99. The van der Waals surface area contributed by atoms with Crippen molar-refractivity contribution in [3.8, 4) is 11.5 Å². The van der Waals surface area contributed by atoms with Gasteiger partial charge in [0, 0.05) is 0 Å². The van der Waals surface area contributed by atoms with E-state index in [-0.39, 0.29) is 18.1 Å². The van der Waals surface area contributed by atoms with Crippen LogP contribution in [-0.4, -0.2) is 50.2 Å². The molecule has 2 atom stereocenters. The maximum absolute atomic E-state index is 12.3. The molecule has 1 aromatic rings. The van der Waals surface area contributed by atoms with Crippen LogP contribution in [0.3, 0.4) is 0 Å². The van der Waals surface area contributed by atoms with Crippen LogP contribution in [0.2, 0.25) is 0 Å². The Bertz CT molecular complexity index is 493. The van der Waals surface area contributed by atoms with Crippen LogP contribution < -0.4 is 14.8 Å². The number of likely N-dealkylation sites (tertiary alicyclic amines) is 1. The van der Waals surface area contributed by atoms with Crippen molar-refractivity contribution >= 4 is 5.91 Å². The van der Waals surface area contributed by atoms with Gasteiger partial charge in [-0.2, -0.15) is 0 Å². The summed E-state index contributed by atoms with van der Waals surface area (Å²) in [6.07, 6.45) is 3.11. The first-order valence-corrected chi connectivity index (χ1v) is 7.89. The monoisotopic (exact) mass is 306 g/mol. The van der Waals surface area contributed by atoms with Crippen LogP contribution in [0.25, 0.3) is 0 Å². The topological polar surface area (TPSA) is 50.8 Å². The van der Waals surface area contributed by atoms with Crippen LogP contribution in [-0.2, 0) is 4.79 Å². The number of nitrogens with zero attached hydrogens (tertiary/aromatic N) is 1. The molecule has 0 aliphatic carbocycles. The number of likely N-dealkylation sites (N-methyl/N-ethyl adjacent to an activating group) is 1. The van der Waals surface area contributed by atoms with E-state index >= 15 is 0 Å². The number of hydrogen-bond acceptors (Lipinski definition) is 4. The predicted octanol–water partition coefficient (Wildman–Crippen LogP) is 2.06. The van der Waals surface area contributed by atoms with E-state index in [4.69, 9.17) is 9.47 Å². The number of carbonyl (C=O) groups is 1. The zero-order valence-electron chi connectivity index (χ0n) is 13.7. The second kappa shape index (κ2) is 8.03. The van der Waals surface area contributed by atoms with Crippen molar-refractivity contribution in [1.29, 1.82) is 0 Å². The van der Waals surface area contributed by atoms with Crippen molar-refractivity contribution in [2.24, 2.45) is 0 Å². The van der Waals surface area contributed by atoms with Gasteiger partial charge in [-0.1, -0.05) is 18.6 Å². The highest BCUT2D eigenvalue weighted by atomic mass is 16.5.